The fourth-order valence-corrected chi connectivity index (χ4v) is 11.9. The summed E-state index contributed by atoms with van der Waals surface area (Å²) in [7, 11) is 10.0. The van der Waals surface area contributed by atoms with Gasteiger partial charge in [0.25, 0.3) is 0 Å². The molecule has 0 spiro atoms. The van der Waals surface area contributed by atoms with Crippen molar-refractivity contribution in [3.8, 4) is 0 Å². The van der Waals surface area contributed by atoms with Crippen LogP contribution in [0.1, 0.15) is 0 Å². The van der Waals surface area contributed by atoms with Gasteiger partial charge in [-0.1, -0.05) is 0 Å². The molecule has 0 aromatic carbocycles. The van der Waals surface area contributed by atoms with Crippen LogP contribution in [0.2, 0.25) is 19.6 Å². The van der Waals surface area contributed by atoms with Gasteiger partial charge in [0.05, 0.1) is 0 Å². The standard InChI is InChI=1S/C3H10AsCl2NSi/c1-8(2,3)7-4(5)6/h7H,1-3H3. The van der Waals surface area contributed by atoms with E-state index in [4.69, 9.17) is 19.9 Å². The van der Waals surface area contributed by atoms with Crippen LogP contribution in [0, 0.1) is 0 Å². The molecule has 0 aliphatic heterocycles. The fraction of sp³-hybridized carbons (Fsp3) is 1.00. The van der Waals surface area contributed by atoms with Crippen LogP contribution in [-0.4, -0.2) is 21.2 Å². The maximum atomic E-state index is 5.60. The van der Waals surface area contributed by atoms with Crippen LogP contribution in [0.15, 0.2) is 0 Å². The fourth-order valence-electron chi connectivity index (χ4n) is 0.254. The van der Waals surface area contributed by atoms with Crippen molar-refractivity contribution in [2.75, 3.05) is 0 Å². The van der Waals surface area contributed by atoms with E-state index in [-0.39, 0.29) is 0 Å². The Morgan fingerprint density at radius 1 is 1.25 bits per heavy atom. The minimum absolute atomic E-state index is 1.17. The quantitative estimate of drug-likeness (QED) is 0.719. The summed E-state index contributed by atoms with van der Waals surface area (Å²) >= 11 is -1.60. The Labute approximate surface area is 64.6 Å². The van der Waals surface area contributed by atoms with Crippen molar-refractivity contribution >= 4 is 41.1 Å². The first-order valence-corrected chi connectivity index (χ1v) is 11.7. The first-order valence-electron chi connectivity index (χ1n) is 2.31. The van der Waals surface area contributed by atoms with E-state index in [1.54, 1.807) is 0 Å². The number of nitrogens with one attached hydrogen (secondary N) is 1. The van der Waals surface area contributed by atoms with E-state index in [1.165, 1.54) is 0 Å². The molecule has 0 amide bonds. The van der Waals surface area contributed by atoms with Crippen LogP contribution in [0.4, 0.5) is 0 Å². The topological polar surface area (TPSA) is 12.0 Å². The molecule has 50 valence electrons. The Balaban J connectivity index is 3.39. The molecule has 0 aromatic rings. The van der Waals surface area contributed by atoms with Gasteiger partial charge in [-0.3, -0.25) is 0 Å². The van der Waals surface area contributed by atoms with Gasteiger partial charge in [-0.15, -0.1) is 0 Å². The zero-order chi connectivity index (χ0) is 6.78. The van der Waals surface area contributed by atoms with E-state index in [0.29, 0.717) is 0 Å². The number of rotatable bonds is 2. The molecule has 0 atom stereocenters. The summed E-state index contributed by atoms with van der Waals surface area (Å²) in [6, 6.07) is 0. The normalized spacial score (nSPS) is 12.8. The molecule has 0 aliphatic carbocycles. The van der Waals surface area contributed by atoms with Gasteiger partial charge in [-0.25, -0.2) is 0 Å². The number of hydrogen-bond donors (Lipinski definition) is 1. The van der Waals surface area contributed by atoms with E-state index in [0.717, 1.165) is 0 Å². The maximum absolute atomic E-state index is 5.60. The van der Waals surface area contributed by atoms with Gasteiger partial charge in [0.15, 0.2) is 0 Å². The molecule has 0 aromatic heterocycles. The van der Waals surface area contributed by atoms with Crippen molar-refractivity contribution in [1.29, 1.82) is 0 Å². The van der Waals surface area contributed by atoms with Crippen molar-refractivity contribution in [3.05, 3.63) is 0 Å². The summed E-state index contributed by atoms with van der Waals surface area (Å²) in [6.45, 7) is 6.54. The predicted octanol–water partition coefficient (Wildman–Crippen LogP) is 1.87. The molecule has 8 heavy (non-hydrogen) atoms. The summed E-state index contributed by atoms with van der Waals surface area (Å²) in [5.41, 5.74) is 0. The second kappa shape index (κ2) is 3.48. The summed E-state index contributed by atoms with van der Waals surface area (Å²) in [6.07, 6.45) is 0. The Morgan fingerprint density at radius 3 is 1.62 bits per heavy atom. The SMILES string of the molecule is C[Si](C)(C)N[As](Cl)Cl. The van der Waals surface area contributed by atoms with Crippen molar-refractivity contribution in [3.63, 3.8) is 0 Å². The molecular weight excluding hydrogens is 224 g/mol. The summed E-state index contributed by atoms with van der Waals surface area (Å²) in [5.74, 6) is 0. The average molecular weight is 234 g/mol. The zero-order valence-electron chi connectivity index (χ0n) is 5.20. The molecule has 0 fully saturated rings. The molecule has 0 saturated carbocycles. The van der Waals surface area contributed by atoms with E-state index >= 15 is 0 Å². The van der Waals surface area contributed by atoms with E-state index in [1.807, 2.05) is 0 Å². The first-order chi connectivity index (χ1) is 3.42. The van der Waals surface area contributed by atoms with Crippen LogP contribution in [-0.2, 0) is 0 Å². The Kier molecular flexibility index (Phi) is 4.05. The Bertz CT molecular complexity index is 72.2. The predicted molar refractivity (Wildman–Crippen MR) is 43.9 cm³/mol. The Hall–Kier alpha value is 1.32. The molecule has 5 heteroatoms. The molecular formula is C3H10AsCl2NSi. The summed E-state index contributed by atoms with van der Waals surface area (Å²) in [5, 5.41) is 0. The van der Waals surface area contributed by atoms with Gasteiger partial charge in [0, 0.05) is 0 Å². The molecule has 0 saturated heterocycles. The third-order valence-corrected chi connectivity index (χ3v) is 9.18. The third kappa shape index (κ3) is 7.32. The van der Waals surface area contributed by atoms with Crippen molar-refractivity contribution < 1.29 is 0 Å². The molecule has 1 N–H and O–H groups in total. The minimum atomic E-state index is -1.60. The van der Waals surface area contributed by atoms with E-state index in [9.17, 15) is 0 Å². The number of hydrogen-bond acceptors (Lipinski definition) is 1. The van der Waals surface area contributed by atoms with Gasteiger partial charge in [0.1, 0.15) is 0 Å². The zero-order valence-corrected chi connectivity index (χ0v) is 9.59. The van der Waals surface area contributed by atoms with Gasteiger partial charge in [0.2, 0.25) is 0 Å². The Morgan fingerprint density at radius 2 is 1.62 bits per heavy atom. The second-order valence-corrected chi connectivity index (χ2v) is 14.1. The van der Waals surface area contributed by atoms with Crippen LogP contribution < -0.4 is 3.90 Å². The number of halogens is 2. The van der Waals surface area contributed by atoms with Crippen LogP contribution in [0.25, 0.3) is 0 Å². The van der Waals surface area contributed by atoms with Crippen molar-refractivity contribution in [1.82, 2.24) is 3.90 Å². The molecule has 1 nitrogen and oxygen atoms in total. The van der Waals surface area contributed by atoms with Crippen molar-refractivity contribution in [2.45, 2.75) is 19.6 Å². The van der Waals surface area contributed by atoms with Crippen LogP contribution >= 0.6 is 19.9 Å². The molecule has 0 heterocycles. The first kappa shape index (κ1) is 9.32. The van der Waals surface area contributed by atoms with Crippen LogP contribution in [0.3, 0.4) is 0 Å². The molecule has 0 bridgehead atoms. The molecule has 0 rings (SSSR count). The summed E-state index contributed by atoms with van der Waals surface area (Å²) in [4.78, 5) is 0. The summed E-state index contributed by atoms with van der Waals surface area (Å²) < 4.78 is 3.20. The monoisotopic (exact) mass is 233 g/mol. The molecule has 0 aliphatic rings. The van der Waals surface area contributed by atoms with E-state index in [2.05, 4.69) is 23.5 Å². The van der Waals surface area contributed by atoms with Gasteiger partial charge < -0.3 is 0 Å². The average Bonchev–Trinajstić information content (AvgIpc) is 1.21. The van der Waals surface area contributed by atoms with Crippen LogP contribution in [0.5, 0.6) is 0 Å². The third-order valence-electron chi connectivity index (χ3n) is 0.420. The van der Waals surface area contributed by atoms with Crippen molar-refractivity contribution in [2.24, 2.45) is 0 Å². The van der Waals surface area contributed by atoms with Gasteiger partial charge >= 0.3 is 64.7 Å². The second-order valence-electron chi connectivity index (χ2n) is 2.59. The van der Waals surface area contributed by atoms with Gasteiger partial charge in [-0.2, -0.15) is 0 Å². The van der Waals surface area contributed by atoms with E-state index < -0.39 is 21.2 Å². The molecule has 0 unspecified atom stereocenters. The molecule has 0 radical (unpaired) electrons. The van der Waals surface area contributed by atoms with Gasteiger partial charge in [-0.05, 0) is 0 Å².